The Morgan fingerprint density at radius 2 is 1.86 bits per heavy atom. The lowest BCUT2D eigenvalue weighted by molar-refractivity contribution is -0.203. The summed E-state index contributed by atoms with van der Waals surface area (Å²) in [4.78, 5) is 25.9. The summed E-state index contributed by atoms with van der Waals surface area (Å²) in [6.45, 7) is 0.446. The Kier molecular flexibility index (Phi) is 5.12. The Morgan fingerprint density at radius 1 is 1.29 bits per heavy atom. The van der Waals surface area contributed by atoms with Crippen LogP contribution in [0.5, 0.6) is 0 Å². The SMILES string of the molecule is CC(NC(=O)NCCc1ccncc1)(C(=O)O)C(F)(F)F. The molecule has 0 aliphatic heterocycles. The van der Waals surface area contributed by atoms with Gasteiger partial charge in [-0.05, 0) is 31.0 Å². The van der Waals surface area contributed by atoms with E-state index in [1.807, 2.05) is 0 Å². The number of urea groups is 1. The maximum atomic E-state index is 12.7. The molecule has 2 amide bonds. The zero-order valence-corrected chi connectivity index (χ0v) is 11.1. The number of pyridine rings is 1. The van der Waals surface area contributed by atoms with Crippen LogP contribution in [-0.2, 0) is 11.2 Å². The number of hydrogen-bond acceptors (Lipinski definition) is 3. The third-order valence-corrected chi connectivity index (χ3v) is 2.81. The van der Waals surface area contributed by atoms with Crippen molar-refractivity contribution < 1.29 is 27.9 Å². The molecule has 3 N–H and O–H groups in total. The van der Waals surface area contributed by atoms with Crippen LogP contribution < -0.4 is 10.6 Å². The third kappa shape index (κ3) is 4.33. The summed E-state index contributed by atoms with van der Waals surface area (Å²) in [5.41, 5.74) is -2.50. The Balaban J connectivity index is 2.54. The van der Waals surface area contributed by atoms with Gasteiger partial charge in [0.05, 0.1) is 0 Å². The number of aliphatic carboxylic acids is 1. The molecule has 0 saturated heterocycles. The molecular weight excluding hydrogens is 291 g/mol. The minimum absolute atomic E-state index is 0.0589. The molecule has 6 nitrogen and oxygen atoms in total. The van der Waals surface area contributed by atoms with Gasteiger partial charge in [-0.1, -0.05) is 0 Å². The number of carbonyl (C=O) groups excluding carboxylic acids is 1. The van der Waals surface area contributed by atoms with Gasteiger partial charge in [-0.3, -0.25) is 4.98 Å². The first-order chi connectivity index (χ1) is 9.67. The smallest absolute Gasteiger partial charge is 0.422 e. The van der Waals surface area contributed by atoms with Crippen molar-refractivity contribution in [1.29, 1.82) is 0 Å². The number of rotatable bonds is 5. The van der Waals surface area contributed by atoms with Gasteiger partial charge in [0.25, 0.3) is 0 Å². The number of aromatic nitrogens is 1. The Hall–Kier alpha value is -2.32. The van der Waals surface area contributed by atoms with Gasteiger partial charge >= 0.3 is 18.2 Å². The van der Waals surface area contributed by atoms with Crippen molar-refractivity contribution in [3.05, 3.63) is 30.1 Å². The van der Waals surface area contributed by atoms with Gasteiger partial charge in [0.2, 0.25) is 5.54 Å². The zero-order valence-electron chi connectivity index (χ0n) is 11.1. The molecule has 1 heterocycles. The highest BCUT2D eigenvalue weighted by Crippen LogP contribution is 2.30. The Bertz CT molecular complexity index is 507. The number of alkyl halides is 3. The standard InChI is InChI=1S/C12H14F3N3O3/c1-11(9(19)20,12(13,14)15)18-10(21)17-7-4-8-2-5-16-6-3-8/h2-3,5-6H,4,7H2,1H3,(H,19,20)(H2,17,18,21). The van der Waals surface area contributed by atoms with Crippen LogP contribution in [0, 0.1) is 0 Å². The molecule has 0 bridgehead atoms. The fourth-order valence-electron chi connectivity index (χ4n) is 1.39. The first-order valence-corrected chi connectivity index (χ1v) is 5.92. The summed E-state index contributed by atoms with van der Waals surface area (Å²) < 4.78 is 38.0. The maximum Gasteiger partial charge on any atom is 0.422 e. The molecule has 1 atom stereocenters. The largest absolute Gasteiger partial charge is 0.479 e. The molecule has 1 aromatic heterocycles. The molecular formula is C12H14F3N3O3. The van der Waals surface area contributed by atoms with Crippen molar-refractivity contribution in [2.45, 2.75) is 25.1 Å². The molecule has 1 rings (SSSR count). The van der Waals surface area contributed by atoms with Crippen molar-refractivity contribution >= 4 is 12.0 Å². The number of hydrogen-bond donors (Lipinski definition) is 3. The van der Waals surface area contributed by atoms with Gasteiger partial charge in [0, 0.05) is 18.9 Å². The average molecular weight is 305 g/mol. The van der Waals surface area contributed by atoms with E-state index in [1.165, 1.54) is 5.32 Å². The second-order valence-corrected chi connectivity index (χ2v) is 4.41. The minimum Gasteiger partial charge on any atom is -0.479 e. The van der Waals surface area contributed by atoms with Gasteiger partial charge in [-0.25, -0.2) is 9.59 Å². The van der Waals surface area contributed by atoms with Crippen molar-refractivity contribution in [1.82, 2.24) is 15.6 Å². The van der Waals surface area contributed by atoms with Crippen LogP contribution in [0.4, 0.5) is 18.0 Å². The molecule has 0 saturated carbocycles. The lowest BCUT2D eigenvalue weighted by atomic mass is 10.0. The number of carboxylic acid groups (broad SMARTS) is 1. The summed E-state index contributed by atoms with van der Waals surface area (Å²) in [6, 6.07) is 2.18. The fraction of sp³-hybridized carbons (Fsp3) is 0.417. The number of nitrogens with one attached hydrogen (secondary N) is 2. The van der Waals surface area contributed by atoms with E-state index in [-0.39, 0.29) is 6.54 Å². The van der Waals surface area contributed by atoms with Gasteiger partial charge in [0.15, 0.2) is 0 Å². The lowest BCUT2D eigenvalue weighted by Gasteiger charge is -2.28. The molecule has 0 spiro atoms. The predicted octanol–water partition coefficient (Wildman–Crippen LogP) is 1.33. The molecule has 0 aliphatic rings. The first kappa shape index (κ1) is 16.7. The summed E-state index contributed by atoms with van der Waals surface area (Å²) >= 11 is 0. The van der Waals surface area contributed by atoms with Gasteiger partial charge in [-0.2, -0.15) is 13.2 Å². The van der Waals surface area contributed by atoms with Crippen LogP contribution in [0.1, 0.15) is 12.5 Å². The van der Waals surface area contributed by atoms with E-state index in [0.717, 1.165) is 5.56 Å². The molecule has 0 aromatic carbocycles. The number of carboxylic acids is 1. The highest BCUT2D eigenvalue weighted by atomic mass is 19.4. The van der Waals surface area contributed by atoms with E-state index in [2.05, 4.69) is 10.3 Å². The molecule has 21 heavy (non-hydrogen) atoms. The Morgan fingerprint density at radius 3 is 2.33 bits per heavy atom. The van der Waals surface area contributed by atoms with Gasteiger partial charge in [-0.15, -0.1) is 0 Å². The van der Waals surface area contributed by atoms with Crippen LogP contribution in [0.3, 0.4) is 0 Å². The van der Waals surface area contributed by atoms with Crippen LogP contribution in [0.2, 0.25) is 0 Å². The number of carbonyl (C=O) groups is 2. The lowest BCUT2D eigenvalue weighted by Crippen LogP contribution is -2.63. The van der Waals surface area contributed by atoms with Crippen molar-refractivity contribution in [2.75, 3.05) is 6.54 Å². The van der Waals surface area contributed by atoms with Crippen LogP contribution >= 0.6 is 0 Å². The first-order valence-electron chi connectivity index (χ1n) is 5.92. The van der Waals surface area contributed by atoms with Crippen molar-refractivity contribution in [3.63, 3.8) is 0 Å². The Labute approximate surface area is 118 Å². The second kappa shape index (κ2) is 6.42. The monoisotopic (exact) mass is 305 g/mol. The highest BCUT2D eigenvalue weighted by molar-refractivity contribution is 5.86. The molecule has 0 radical (unpaired) electrons. The van der Waals surface area contributed by atoms with Crippen LogP contribution in [0.15, 0.2) is 24.5 Å². The van der Waals surface area contributed by atoms with Crippen LogP contribution in [0.25, 0.3) is 0 Å². The molecule has 9 heteroatoms. The third-order valence-electron chi connectivity index (χ3n) is 2.81. The second-order valence-electron chi connectivity index (χ2n) is 4.41. The number of nitrogens with zero attached hydrogens (tertiary/aromatic N) is 1. The van der Waals surface area contributed by atoms with Crippen LogP contribution in [-0.4, -0.2) is 40.4 Å². The van der Waals surface area contributed by atoms with E-state index >= 15 is 0 Å². The topological polar surface area (TPSA) is 91.3 Å². The molecule has 1 unspecified atom stereocenters. The van der Waals surface area contributed by atoms with E-state index in [0.29, 0.717) is 13.3 Å². The molecule has 1 aromatic rings. The quantitative estimate of drug-likeness (QED) is 0.765. The van der Waals surface area contributed by atoms with Crippen molar-refractivity contribution in [2.24, 2.45) is 0 Å². The van der Waals surface area contributed by atoms with E-state index < -0.39 is 23.7 Å². The summed E-state index contributed by atoms with van der Waals surface area (Å²) in [5.74, 6) is -2.18. The summed E-state index contributed by atoms with van der Waals surface area (Å²) in [6.07, 6.45) is -1.64. The number of halogens is 3. The van der Waals surface area contributed by atoms with E-state index in [1.54, 1.807) is 24.5 Å². The maximum absolute atomic E-state index is 12.7. The summed E-state index contributed by atoms with van der Waals surface area (Å²) in [5, 5.41) is 12.3. The molecule has 116 valence electrons. The molecule has 0 fully saturated rings. The van der Waals surface area contributed by atoms with Crippen molar-refractivity contribution in [3.8, 4) is 0 Å². The van der Waals surface area contributed by atoms with Gasteiger partial charge < -0.3 is 15.7 Å². The summed E-state index contributed by atoms with van der Waals surface area (Å²) in [7, 11) is 0. The normalized spacial score (nSPS) is 14.1. The minimum atomic E-state index is -5.11. The predicted molar refractivity (Wildman–Crippen MR) is 66.6 cm³/mol. The average Bonchev–Trinajstić information content (AvgIpc) is 2.38. The number of amides is 2. The molecule has 0 aliphatic carbocycles. The highest BCUT2D eigenvalue weighted by Gasteiger charge is 2.58. The fourth-order valence-corrected chi connectivity index (χ4v) is 1.39. The zero-order chi connectivity index (χ0) is 16.1. The van der Waals surface area contributed by atoms with E-state index in [4.69, 9.17) is 5.11 Å². The van der Waals surface area contributed by atoms with E-state index in [9.17, 15) is 22.8 Å². The van der Waals surface area contributed by atoms with Gasteiger partial charge in [0.1, 0.15) is 0 Å².